The van der Waals surface area contributed by atoms with Crippen molar-refractivity contribution in [2.24, 2.45) is 11.8 Å². The highest BCUT2D eigenvalue weighted by atomic mass is 16.3. The fraction of sp³-hybridized carbons (Fsp3) is 0.778. The molecule has 0 aliphatic heterocycles. The maximum Gasteiger partial charge on any atom is 0.0933 e. The molecule has 1 atom stereocenters. The van der Waals surface area contributed by atoms with Crippen molar-refractivity contribution in [2.75, 3.05) is 0 Å². The molecule has 0 radical (unpaired) electrons. The van der Waals surface area contributed by atoms with Crippen LogP contribution in [0.15, 0.2) is 11.8 Å². The summed E-state index contributed by atoms with van der Waals surface area (Å²) < 4.78 is 0. The average molecular weight is 158 g/mol. The SMILES string of the molecule is CC(C)/C(O)=C/C(O)C(C)C. The molecule has 0 saturated heterocycles. The molecule has 0 aliphatic carbocycles. The first-order valence-electron chi connectivity index (χ1n) is 4.04. The molecule has 0 bridgehead atoms. The van der Waals surface area contributed by atoms with Crippen LogP contribution in [0.4, 0.5) is 0 Å². The summed E-state index contributed by atoms with van der Waals surface area (Å²) in [4.78, 5) is 0. The van der Waals surface area contributed by atoms with Crippen molar-refractivity contribution in [3.8, 4) is 0 Å². The van der Waals surface area contributed by atoms with E-state index in [0.717, 1.165) is 0 Å². The molecule has 0 saturated carbocycles. The normalized spacial score (nSPS) is 16.1. The third-order valence-corrected chi connectivity index (χ3v) is 1.62. The topological polar surface area (TPSA) is 40.5 Å². The van der Waals surface area contributed by atoms with Crippen molar-refractivity contribution in [1.29, 1.82) is 0 Å². The fourth-order valence-electron chi connectivity index (χ4n) is 0.560. The minimum atomic E-state index is -0.530. The van der Waals surface area contributed by atoms with Crippen LogP contribution >= 0.6 is 0 Å². The standard InChI is InChI=1S/C9H18O2/c1-6(2)8(10)5-9(11)7(3)4/h5-8,10-11H,1-4H3/b9-5-. The Bertz CT molecular complexity index is 136. The monoisotopic (exact) mass is 158 g/mol. The third-order valence-electron chi connectivity index (χ3n) is 1.62. The van der Waals surface area contributed by atoms with Gasteiger partial charge in [0.15, 0.2) is 0 Å². The zero-order chi connectivity index (χ0) is 9.02. The Hall–Kier alpha value is -0.500. The number of aliphatic hydroxyl groups excluding tert-OH is 2. The lowest BCUT2D eigenvalue weighted by Crippen LogP contribution is -2.12. The van der Waals surface area contributed by atoms with Crippen LogP contribution in [0.3, 0.4) is 0 Å². The zero-order valence-electron chi connectivity index (χ0n) is 7.70. The van der Waals surface area contributed by atoms with Crippen LogP contribution in [0, 0.1) is 11.8 Å². The van der Waals surface area contributed by atoms with Crippen molar-refractivity contribution in [3.05, 3.63) is 11.8 Å². The number of hydrogen-bond acceptors (Lipinski definition) is 2. The van der Waals surface area contributed by atoms with Gasteiger partial charge in [0.2, 0.25) is 0 Å². The highest BCUT2D eigenvalue weighted by Crippen LogP contribution is 2.10. The summed E-state index contributed by atoms with van der Waals surface area (Å²) in [6.07, 6.45) is 0.979. The van der Waals surface area contributed by atoms with Gasteiger partial charge in [0.25, 0.3) is 0 Å². The second-order valence-electron chi connectivity index (χ2n) is 3.48. The molecule has 0 aromatic heterocycles. The molecular formula is C9H18O2. The van der Waals surface area contributed by atoms with Crippen LogP contribution in [0.2, 0.25) is 0 Å². The molecule has 2 heteroatoms. The Balaban J connectivity index is 4.07. The van der Waals surface area contributed by atoms with Gasteiger partial charge in [0.05, 0.1) is 11.9 Å². The lowest BCUT2D eigenvalue weighted by atomic mass is 10.0. The van der Waals surface area contributed by atoms with Gasteiger partial charge in [-0.3, -0.25) is 0 Å². The van der Waals surface area contributed by atoms with E-state index in [2.05, 4.69) is 0 Å². The zero-order valence-corrected chi connectivity index (χ0v) is 7.70. The van der Waals surface area contributed by atoms with Crippen LogP contribution in [0.1, 0.15) is 27.7 Å². The fourth-order valence-corrected chi connectivity index (χ4v) is 0.560. The van der Waals surface area contributed by atoms with Gasteiger partial charge in [0.1, 0.15) is 0 Å². The second-order valence-corrected chi connectivity index (χ2v) is 3.48. The summed E-state index contributed by atoms with van der Waals surface area (Å²) in [7, 11) is 0. The van der Waals surface area contributed by atoms with Gasteiger partial charge >= 0.3 is 0 Å². The van der Waals surface area contributed by atoms with E-state index in [-0.39, 0.29) is 17.6 Å². The van der Waals surface area contributed by atoms with Gasteiger partial charge in [-0.25, -0.2) is 0 Å². The second kappa shape index (κ2) is 4.39. The third kappa shape index (κ3) is 4.04. The van der Waals surface area contributed by atoms with Gasteiger partial charge in [0, 0.05) is 5.92 Å². The molecule has 0 aromatic carbocycles. The Morgan fingerprint density at radius 2 is 1.64 bits per heavy atom. The number of aliphatic hydroxyl groups is 2. The van der Waals surface area contributed by atoms with E-state index in [1.165, 1.54) is 6.08 Å². The lowest BCUT2D eigenvalue weighted by Gasteiger charge is -2.11. The first-order chi connectivity index (χ1) is 4.95. The molecule has 0 rings (SSSR count). The minimum absolute atomic E-state index is 0.100. The maximum absolute atomic E-state index is 9.31. The van der Waals surface area contributed by atoms with E-state index in [1.807, 2.05) is 27.7 Å². The molecule has 0 aromatic rings. The summed E-state index contributed by atoms with van der Waals surface area (Å²) in [5, 5.41) is 18.6. The maximum atomic E-state index is 9.31. The van der Waals surface area contributed by atoms with Crippen LogP contribution in [0.5, 0.6) is 0 Å². The number of rotatable bonds is 3. The van der Waals surface area contributed by atoms with E-state index in [9.17, 15) is 10.2 Å². The van der Waals surface area contributed by atoms with Crippen LogP contribution in [0.25, 0.3) is 0 Å². The Kier molecular flexibility index (Phi) is 4.19. The van der Waals surface area contributed by atoms with Crippen molar-refractivity contribution in [2.45, 2.75) is 33.8 Å². The van der Waals surface area contributed by atoms with Gasteiger partial charge < -0.3 is 10.2 Å². The van der Waals surface area contributed by atoms with Crippen LogP contribution in [-0.4, -0.2) is 16.3 Å². The molecule has 11 heavy (non-hydrogen) atoms. The molecule has 2 nitrogen and oxygen atoms in total. The van der Waals surface area contributed by atoms with Gasteiger partial charge in [-0.1, -0.05) is 27.7 Å². The first kappa shape index (κ1) is 10.5. The molecule has 0 heterocycles. The summed E-state index contributed by atoms with van der Waals surface area (Å²) in [6.45, 7) is 7.60. The van der Waals surface area contributed by atoms with E-state index >= 15 is 0 Å². The van der Waals surface area contributed by atoms with Crippen molar-refractivity contribution >= 4 is 0 Å². The summed E-state index contributed by atoms with van der Waals surface area (Å²) in [5.74, 6) is 0.533. The van der Waals surface area contributed by atoms with Crippen LogP contribution in [-0.2, 0) is 0 Å². The largest absolute Gasteiger partial charge is 0.512 e. The Morgan fingerprint density at radius 1 is 1.18 bits per heavy atom. The first-order valence-corrected chi connectivity index (χ1v) is 4.04. The number of allylic oxidation sites excluding steroid dienone is 1. The molecule has 1 unspecified atom stereocenters. The van der Waals surface area contributed by atoms with E-state index < -0.39 is 6.10 Å². The molecule has 0 amide bonds. The van der Waals surface area contributed by atoms with Crippen molar-refractivity contribution < 1.29 is 10.2 Å². The predicted molar refractivity (Wildman–Crippen MR) is 46.4 cm³/mol. The van der Waals surface area contributed by atoms with Crippen molar-refractivity contribution in [3.63, 3.8) is 0 Å². The summed E-state index contributed by atoms with van der Waals surface area (Å²) in [6, 6.07) is 0. The Labute approximate surface area is 68.6 Å². The highest BCUT2D eigenvalue weighted by molar-refractivity contribution is 4.98. The van der Waals surface area contributed by atoms with E-state index in [0.29, 0.717) is 0 Å². The molecule has 0 spiro atoms. The lowest BCUT2D eigenvalue weighted by molar-refractivity contribution is 0.165. The minimum Gasteiger partial charge on any atom is -0.512 e. The average Bonchev–Trinajstić information content (AvgIpc) is 1.87. The van der Waals surface area contributed by atoms with Gasteiger partial charge in [-0.05, 0) is 12.0 Å². The van der Waals surface area contributed by atoms with Gasteiger partial charge in [-0.15, -0.1) is 0 Å². The summed E-state index contributed by atoms with van der Waals surface area (Å²) in [5.41, 5.74) is 0. The van der Waals surface area contributed by atoms with Crippen molar-refractivity contribution in [1.82, 2.24) is 0 Å². The van der Waals surface area contributed by atoms with Gasteiger partial charge in [-0.2, -0.15) is 0 Å². The number of hydrogen-bond donors (Lipinski definition) is 2. The highest BCUT2D eigenvalue weighted by Gasteiger charge is 2.08. The van der Waals surface area contributed by atoms with E-state index in [1.54, 1.807) is 0 Å². The van der Waals surface area contributed by atoms with E-state index in [4.69, 9.17) is 0 Å². The predicted octanol–water partition coefficient (Wildman–Crippen LogP) is 2.10. The molecule has 0 aliphatic rings. The van der Waals surface area contributed by atoms with Crippen LogP contribution < -0.4 is 0 Å². The smallest absolute Gasteiger partial charge is 0.0933 e. The molecular weight excluding hydrogens is 140 g/mol. The molecule has 66 valence electrons. The quantitative estimate of drug-likeness (QED) is 0.617. The summed E-state index contributed by atoms with van der Waals surface area (Å²) >= 11 is 0. The molecule has 0 fully saturated rings. The Morgan fingerprint density at radius 3 is 1.91 bits per heavy atom. The molecule has 2 N–H and O–H groups in total.